The molecule has 0 amide bonds. The van der Waals surface area contributed by atoms with Crippen molar-refractivity contribution in [3.8, 4) is 0 Å². The third-order valence-electron chi connectivity index (χ3n) is 2.69. The van der Waals surface area contributed by atoms with Crippen molar-refractivity contribution in [1.29, 1.82) is 0 Å². The van der Waals surface area contributed by atoms with Gasteiger partial charge >= 0.3 is 0 Å². The fourth-order valence-corrected chi connectivity index (χ4v) is 1.75. The molecule has 0 radical (unpaired) electrons. The first-order valence-electron chi connectivity index (χ1n) is 6.62. The molecule has 2 N–H and O–H groups in total. The number of nitrogens with one attached hydrogen (secondary N) is 2. The number of methoxy groups -OCH3 is 1. The molecule has 108 valence electrons. The van der Waals surface area contributed by atoms with Gasteiger partial charge in [-0.3, -0.25) is 0 Å². The van der Waals surface area contributed by atoms with Gasteiger partial charge in [0.15, 0.2) is 0 Å². The predicted octanol–water partition coefficient (Wildman–Crippen LogP) is 2.44. The van der Waals surface area contributed by atoms with E-state index in [1.54, 1.807) is 13.4 Å². The lowest BCUT2D eigenvalue weighted by molar-refractivity contribution is 0.197. The summed E-state index contributed by atoms with van der Waals surface area (Å²) in [4.78, 5) is 8.76. The Kier molecular flexibility index (Phi) is 5.37. The highest BCUT2D eigenvalue weighted by atomic mass is 16.5. The monoisotopic (exact) mass is 276 g/mol. The number of ether oxygens (including phenoxy) is 1. The number of aromatic nitrogens is 2. The average molecular weight is 276 g/mol. The smallest absolute Gasteiger partial charge is 0.224 e. The van der Waals surface area contributed by atoms with Gasteiger partial charge in [0.1, 0.15) is 11.6 Å². The molecular formula is C14H20N4O2. The summed E-state index contributed by atoms with van der Waals surface area (Å²) in [5.74, 6) is 2.28. The Morgan fingerprint density at radius 3 is 2.95 bits per heavy atom. The molecule has 20 heavy (non-hydrogen) atoms. The van der Waals surface area contributed by atoms with E-state index in [0.717, 1.165) is 36.8 Å². The molecular weight excluding hydrogens is 256 g/mol. The lowest BCUT2D eigenvalue weighted by Crippen LogP contribution is -2.10. The molecule has 0 atom stereocenters. The third-order valence-corrected chi connectivity index (χ3v) is 2.69. The second-order valence-corrected chi connectivity index (χ2v) is 4.42. The van der Waals surface area contributed by atoms with Gasteiger partial charge in [-0.1, -0.05) is 0 Å². The van der Waals surface area contributed by atoms with Gasteiger partial charge in [0, 0.05) is 32.0 Å². The number of aryl methyl sites for hydroxylation is 1. The van der Waals surface area contributed by atoms with Crippen molar-refractivity contribution < 1.29 is 9.15 Å². The van der Waals surface area contributed by atoms with Crippen molar-refractivity contribution in [2.45, 2.75) is 19.9 Å². The highest BCUT2D eigenvalue weighted by Gasteiger charge is 2.03. The molecule has 2 aromatic heterocycles. The summed E-state index contributed by atoms with van der Waals surface area (Å²) >= 11 is 0. The fourth-order valence-electron chi connectivity index (χ4n) is 1.75. The number of anilines is 2. The van der Waals surface area contributed by atoms with Crippen molar-refractivity contribution in [3.63, 3.8) is 0 Å². The van der Waals surface area contributed by atoms with Gasteiger partial charge in [0.25, 0.3) is 0 Å². The lowest BCUT2D eigenvalue weighted by Gasteiger charge is -2.09. The molecule has 0 saturated heterocycles. The van der Waals surface area contributed by atoms with Crippen LogP contribution in [-0.4, -0.2) is 30.2 Å². The van der Waals surface area contributed by atoms with Gasteiger partial charge in [-0.2, -0.15) is 4.98 Å². The minimum absolute atomic E-state index is 0.604. The summed E-state index contributed by atoms with van der Waals surface area (Å²) in [6.45, 7) is 4.06. The first kappa shape index (κ1) is 14.3. The van der Waals surface area contributed by atoms with E-state index in [4.69, 9.17) is 9.15 Å². The van der Waals surface area contributed by atoms with Crippen LogP contribution in [0.15, 0.2) is 28.9 Å². The molecule has 0 fully saturated rings. The number of furan rings is 1. The minimum Gasteiger partial charge on any atom is -0.467 e. The van der Waals surface area contributed by atoms with Crippen molar-refractivity contribution >= 4 is 11.8 Å². The number of hydrogen-bond acceptors (Lipinski definition) is 6. The quantitative estimate of drug-likeness (QED) is 0.721. The second-order valence-electron chi connectivity index (χ2n) is 4.42. The van der Waals surface area contributed by atoms with Crippen LogP contribution in [0.1, 0.15) is 17.9 Å². The Morgan fingerprint density at radius 1 is 1.30 bits per heavy atom. The maximum absolute atomic E-state index is 5.27. The summed E-state index contributed by atoms with van der Waals surface area (Å²) in [7, 11) is 1.69. The molecule has 0 bridgehead atoms. The summed E-state index contributed by atoms with van der Waals surface area (Å²) in [5.41, 5.74) is 0.913. The summed E-state index contributed by atoms with van der Waals surface area (Å²) in [6, 6.07) is 5.69. The van der Waals surface area contributed by atoms with E-state index in [9.17, 15) is 0 Å². The van der Waals surface area contributed by atoms with Crippen LogP contribution in [0.5, 0.6) is 0 Å². The second kappa shape index (κ2) is 7.49. The van der Waals surface area contributed by atoms with Gasteiger partial charge < -0.3 is 19.8 Å². The Labute approximate surface area is 118 Å². The average Bonchev–Trinajstić information content (AvgIpc) is 2.94. The first-order chi connectivity index (χ1) is 9.78. The summed E-state index contributed by atoms with van der Waals surface area (Å²) in [6.07, 6.45) is 2.58. The van der Waals surface area contributed by atoms with Crippen LogP contribution in [0.3, 0.4) is 0 Å². The molecule has 0 aliphatic heterocycles. The first-order valence-corrected chi connectivity index (χ1v) is 6.62. The Bertz CT molecular complexity index is 514. The maximum atomic E-state index is 5.27. The number of hydrogen-bond donors (Lipinski definition) is 2. The molecule has 0 aliphatic rings. The van der Waals surface area contributed by atoms with E-state index in [1.165, 1.54) is 0 Å². The predicted molar refractivity (Wildman–Crippen MR) is 77.8 cm³/mol. The molecule has 2 rings (SSSR count). The molecule has 0 aliphatic carbocycles. The van der Waals surface area contributed by atoms with Crippen LogP contribution in [-0.2, 0) is 11.3 Å². The fraction of sp³-hybridized carbons (Fsp3) is 0.429. The largest absolute Gasteiger partial charge is 0.467 e. The van der Waals surface area contributed by atoms with Gasteiger partial charge in [-0.15, -0.1) is 0 Å². The van der Waals surface area contributed by atoms with Crippen LogP contribution in [0.2, 0.25) is 0 Å². The van der Waals surface area contributed by atoms with Crippen LogP contribution < -0.4 is 10.6 Å². The zero-order chi connectivity index (χ0) is 14.2. The molecule has 6 nitrogen and oxygen atoms in total. The van der Waals surface area contributed by atoms with Crippen LogP contribution >= 0.6 is 0 Å². The van der Waals surface area contributed by atoms with E-state index in [-0.39, 0.29) is 0 Å². The van der Waals surface area contributed by atoms with Gasteiger partial charge in [0.2, 0.25) is 5.95 Å². The number of rotatable bonds is 8. The molecule has 0 saturated carbocycles. The maximum Gasteiger partial charge on any atom is 0.224 e. The molecule has 6 heteroatoms. The van der Waals surface area contributed by atoms with E-state index in [2.05, 4.69) is 20.6 Å². The highest BCUT2D eigenvalue weighted by molar-refractivity contribution is 5.42. The minimum atomic E-state index is 0.604. The zero-order valence-corrected chi connectivity index (χ0v) is 11.8. The van der Waals surface area contributed by atoms with Gasteiger partial charge in [0.05, 0.1) is 12.8 Å². The van der Waals surface area contributed by atoms with Crippen LogP contribution in [0.4, 0.5) is 11.8 Å². The standard InChI is InChI=1S/C14H20N4O2/c1-11-9-13(16-10-12-5-3-8-20-12)18-14(17-11)15-6-4-7-19-2/h3,5,8-9H,4,6-7,10H2,1-2H3,(H2,15,16,17,18). The summed E-state index contributed by atoms with van der Waals surface area (Å²) in [5, 5.41) is 6.41. The van der Waals surface area contributed by atoms with E-state index < -0.39 is 0 Å². The topological polar surface area (TPSA) is 72.2 Å². The highest BCUT2D eigenvalue weighted by Crippen LogP contribution is 2.11. The Balaban J connectivity index is 1.90. The van der Waals surface area contributed by atoms with E-state index in [1.807, 2.05) is 25.1 Å². The van der Waals surface area contributed by atoms with Crippen molar-refractivity contribution in [3.05, 3.63) is 35.9 Å². The molecule has 0 unspecified atom stereocenters. The van der Waals surface area contributed by atoms with E-state index >= 15 is 0 Å². The van der Waals surface area contributed by atoms with Gasteiger partial charge in [-0.25, -0.2) is 4.98 Å². The van der Waals surface area contributed by atoms with Crippen molar-refractivity contribution in [2.24, 2.45) is 0 Å². The van der Waals surface area contributed by atoms with E-state index in [0.29, 0.717) is 12.5 Å². The van der Waals surface area contributed by atoms with Crippen molar-refractivity contribution in [2.75, 3.05) is 30.9 Å². The van der Waals surface area contributed by atoms with Crippen LogP contribution in [0, 0.1) is 6.92 Å². The Morgan fingerprint density at radius 2 is 2.20 bits per heavy atom. The SMILES string of the molecule is COCCCNc1nc(C)cc(NCc2ccco2)n1. The van der Waals surface area contributed by atoms with Crippen LogP contribution in [0.25, 0.3) is 0 Å². The molecule has 0 aromatic carbocycles. The molecule has 2 aromatic rings. The van der Waals surface area contributed by atoms with Gasteiger partial charge in [-0.05, 0) is 25.5 Å². The molecule has 0 spiro atoms. The van der Waals surface area contributed by atoms with Crippen molar-refractivity contribution in [1.82, 2.24) is 9.97 Å². The number of nitrogens with zero attached hydrogens (tertiary/aromatic N) is 2. The molecule has 2 heterocycles. The normalized spacial score (nSPS) is 10.5. The zero-order valence-electron chi connectivity index (χ0n) is 11.8. The Hall–Kier alpha value is -2.08. The summed E-state index contributed by atoms with van der Waals surface area (Å²) < 4.78 is 10.3. The lowest BCUT2D eigenvalue weighted by atomic mass is 10.4. The third kappa shape index (κ3) is 4.55.